The van der Waals surface area contributed by atoms with E-state index in [1.165, 1.54) is 36.0 Å². The minimum atomic E-state index is -0.332. The fourth-order valence-electron chi connectivity index (χ4n) is 1.67. The molecule has 6 heteroatoms. The van der Waals surface area contributed by atoms with Crippen LogP contribution in [-0.2, 0) is 4.79 Å². The Kier molecular flexibility index (Phi) is 4.90. The second-order valence-corrected chi connectivity index (χ2v) is 5.59. The zero-order chi connectivity index (χ0) is 15.4. The molecule has 0 aliphatic carbocycles. The highest BCUT2D eigenvalue weighted by atomic mass is 32.2. The number of amides is 1. The SMILES string of the molecule is Cc1nc(SCC(=O)Nc2ccc(F)cc2)nc(C)c1C. The second kappa shape index (κ2) is 6.67. The van der Waals surface area contributed by atoms with Crippen molar-refractivity contribution in [3.8, 4) is 0 Å². The van der Waals surface area contributed by atoms with Crippen molar-refractivity contribution < 1.29 is 9.18 Å². The van der Waals surface area contributed by atoms with Crippen LogP contribution in [0.4, 0.5) is 10.1 Å². The predicted molar refractivity (Wildman–Crippen MR) is 82.0 cm³/mol. The number of benzene rings is 1. The third-order valence-corrected chi connectivity index (χ3v) is 3.92. The van der Waals surface area contributed by atoms with Crippen molar-refractivity contribution in [1.82, 2.24) is 9.97 Å². The number of carbonyl (C=O) groups is 1. The largest absolute Gasteiger partial charge is 0.325 e. The number of nitrogens with one attached hydrogen (secondary N) is 1. The van der Waals surface area contributed by atoms with E-state index >= 15 is 0 Å². The molecule has 1 N–H and O–H groups in total. The average molecular weight is 305 g/mol. The van der Waals surface area contributed by atoms with Crippen LogP contribution in [0.15, 0.2) is 29.4 Å². The molecule has 0 unspecified atom stereocenters. The van der Waals surface area contributed by atoms with E-state index in [2.05, 4.69) is 15.3 Å². The molecule has 1 amide bonds. The van der Waals surface area contributed by atoms with Gasteiger partial charge in [-0.05, 0) is 50.6 Å². The van der Waals surface area contributed by atoms with Gasteiger partial charge in [0.05, 0.1) is 5.75 Å². The van der Waals surface area contributed by atoms with Gasteiger partial charge in [0.25, 0.3) is 0 Å². The lowest BCUT2D eigenvalue weighted by Crippen LogP contribution is -2.14. The molecule has 0 atom stereocenters. The van der Waals surface area contributed by atoms with Gasteiger partial charge in [0, 0.05) is 17.1 Å². The number of carbonyl (C=O) groups excluding carboxylic acids is 1. The fourth-order valence-corrected chi connectivity index (χ4v) is 2.40. The predicted octanol–water partition coefficient (Wildman–Crippen LogP) is 3.27. The lowest BCUT2D eigenvalue weighted by molar-refractivity contribution is -0.113. The van der Waals surface area contributed by atoms with Crippen LogP contribution < -0.4 is 5.32 Å². The van der Waals surface area contributed by atoms with Crippen LogP contribution in [0.25, 0.3) is 0 Å². The molecule has 0 spiro atoms. The van der Waals surface area contributed by atoms with Crippen LogP contribution in [0.1, 0.15) is 17.0 Å². The Balaban J connectivity index is 1.93. The summed E-state index contributed by atoms with van der Waals surface area (Å²) in [4.78, 5) is 20.5. The van der Waals surface area contributed by atoms with Crippen molar-refractivity contribution in [2.24, 2.45) is 0 Å². The molecule has 2 rings (SSSR count). The minimum Gasteiger partial charge on any atom is -0.325 e. The standard InChI is InChI=1S/C15H16FN3OS/c1-9-10(2)17-15(18-11(9)3)21-8-14(20)19-13-6-4-12(16)5-7-13/h4-7H,8H2,1-3H3,(H,19,20). The van der Waals surface area contributed by atoms with Crippen LogP contribution in [-0.4, -0.2) is 21.6 Å². The fraction of sp³-hybridized carbons (Fsp3) is 0.267. The topological polar surface area (TPSA) is 54.9 Å². The van der Waals surface area contributed by atoms with Gasteiger partial charge in [-0.15, -0.1) is 0 Å². The maximum Gasteiger partial charge on any atom is 0.234 e. The number of halogens is 1. The molecule has 0 radical (unpaired) electrons. The zero-order valence-corrected chi connectivity index (χ0v) is 12.9. The number of nitrogens with zero attached hydrogens (tertiary/aromatic N) is 2. The van der Waals surface area contributed by atoms with Gasteiger partial charge < -0.3 is 5.32 Å². The van der Waals surface area contributed by atoms with Crippen molar-refractivity contribution in [3.63, 3.8) is 0 Å². The zero-order valence-electron chi connectivity index (χ0n) is 12.1. The van der Waals surface area contributed by atoms with Crippen LogP contribution in [0.3, 0.4) is 0 Å². The summed E-state index contributed by atoms with van der Waals surface area (Å²) in [6, 6.07) is 5.65. The minimum absolute atomic E-state index is 0.175. The highest BCUT2D eigenvalue weighted by Crippen LogP contribution is 2.17. The van der Waals surface area contributed by atoms with Crippen molar-refractivity contribution in [1.29, 1.82) is 0 Å². The smallest absolute Gasteiger partial charge is 0.234 e. The van der Waals surface area contributed by atoms with E-state index in [1.54, 1.807) is 0 Å². The normalized spacial score (nSPS) is 10.5. The monoisotopic (exact) mass is 305 g/mol. The van der Waals surface area contributed by atoms with Crippen molar-refractivity contribution in [2.45, 2.75) is 25.9 Å². The Bertz CT molecular complexity index is 635. The maximum absolute atomic E-state index is 12.8. The van der Waals surface area contributed by atoms with Gasteiger partial charge >= 0.3 is 0 Å². The third kappa shape index (κ3) is 4.26. The molecular formula is C15H16FN3OS. The van der Waals surface area contributed by atoms with Crippen LogP contribution >= 0.6 is 11.8 Å². The van der Waals surface area contributed by atoms with E-state index in [0.717, 1.165) is 17.0 Å². The summed E-state index contributed by atoms with van der Waals surface area (Å²) in [6.45, 7) is 5.82. The van der Waals surface area contributed by atoms with Gasteiger partial charge in [-0.2, -0.15) is 0 Å². The maximum atomic E-state index is 12.8. The molecule has 21 heavy (non-hydrogen) atoms. The third-order valence-electron chi connectivity index (χ3n) is 3.07. The number of aromatic nitrogens is 2. The van der Waals surface area contributed by atoms with Crippen LogP contribution in [0.5, 0.6) is 0 Å². The summed E-state index contributed by atoms with van der Waals surface area (Å²) >= 11 is 1.28. The van der Waals surface area contributed by atoms with Gasteiger partial charge in [-0.1, -0.05) is 11.8 Å². The molecule has 0 aliphatic rings. The highest BCUT2D eigenvalue weighted by molar-refractivity contribution is 7.99. The molecule has 0 fully saturated rings. The molecule has 1 aromatic carbocycles. The first kappa shape index (κ1) is 15.4. The average Bonchev–Trinajstić information content (AvgIpc) is 2.45. The van der Waals surface area contributed by atoms with E-state index in [4.69, 9.17) is 0 Å². The molecule has 1 aromatic heterocycles. The molecular weight excluding hydrogens is 289 g/mol. The Labute approximate surface area is 127 Å². The molecule has 0 saturated heterocycles. The number of anilines is 1. The van der Waals surface area contributed by atoms with Crippen molar-refractivity contribution in [2.75, 3.05) is 11.1 Å². The molecule has 0 aliphatic heterocycles. The Morgan fingerprint density at radius 2 is 1.71 bits per heavy atom. The second-order valence-electron chi connectivity index (χ2n) is 4.65. The molecule has 110 valence electrons. The first-order valence-electron chi connectivity index (χ1n) is 6.46. The Hall–Kier alpha value is -1.95. The summed E-state index contributed by atoms with van der Waals surface area (Å²) in [5.41, 5.74) is 3.47. The van der Waals surface area contributed by atoms with Crippen LogP contribution in [0.2, 0.25) is 0 Å². The summed E-state index contributed by atoms with van der Waals surface area (Å²) in [6.07, 6.45) is 0. The number of hydrogen-bond acceptors (Lipinski definition) is 4. The summed E-state index contributed by atoms with van der Waals surface area (Å²) < 4.78 is 12.8. The Morgan fingerprint density at radius 1 is 1.14 bits per heavy atom. The molecule has 0 saturated carbocycles. The van der Waals surface area contributed by atoms with E-state index in [-0.39, 0.29) is 17.5 Å². The molecule has 0 bridgehead atoms. The highest BCUT2D eigenvalue weighted by Gasteiger charge is 2.08. The number of rotatable bonds is 4. The van der Waals surface area contributed by atoms with E-state index in [1.807, 2.05) is 20.8 Å². The van der Waals surface area contributed by atoms with Gasteiger partial charge in [0.2, 0.25) is 5.91 Å². The molecule has 1 heterocycles. The van der Waals surface area contributed by atoms with Crippen molar-refractivity contribution >= 4 is 23.4 Å². The summed E-state index contributed by atoms with van der Waals surface area (Å²) in [5, 5.41) is 3.29. The van der Waals surface area contributed by atoms with Crippen molar-refractivity contribution in [3.05, 3.63) is 47.0 Å². The van der Waals surface area contributed by atoms with Gasteiger partial charge in [-0.25, -0.2) is 14.4 Å². The van der Waals surface area contributed by atoms with E-state index in [9.17, 15) is 9.18 Å². The number of thioether (sulfide) groups is 1. The van der Waals surface area contributed by atoms with E-state index in [0.29, 0.717) is 10.8 Å². The first-order valence-corrected chi connectivity index (χ1v) is 7.44. The number of aryl methyl sites for hydroxylation is 2. The van der Waals surface area contributed by atoms with Crippen LogP contribution in [0, 0.1) is 26.6 Å². The van der Waals surface area contributed by atoms with Gasteiger partial charge in [0.15, 0.2) is 5.16 Å². The van der Waals surface area contributed by atoms with Gasteiger partial charge in [-0.3, -0.25) is 4.79 Å². The molecule has 2 aromatic rings. The van der Waals surface area contributed by atoms with E-state index < -0.39 is 0 Å². The van der Waals surface area contributed by atoms with Gasteiger partial charge in [0.1, 0.15) is 5.82 Å². The summed E-state index contributed by atoms with van der Waals surface area (Å²) in [5.74, 6) is -0.299. The lowest BCUT2D eigenvalue weighted by Gasteiger charge is -2.07. The number of hydrogen-bond donors (Lipinski definition) is 1. The quantitative estimate of drug-likeness (QED) is 0.696. The molecule has 4 nitrogen and oxygen atoms in total. The first-order chi connectivity index (χ1) is 9.95. The Morgan fingerprint density at radius 3 is 2.29 bits per heavy atom. The summed E-state index contributed by atoms with van der Waals surface area (Å²) in [7, 11) is 0. The lowest BCUT2D eigenvalue weighted by atomic mass is 10.2.